The molecule has 2 aliphatic heterocycles. The predicted molar refractivity (Wildman–Crippen MR) is 149 cm³/mol. The molecule has 2 atom stereocenters. The minimum Gasteiger partial charge on any atom is -0.365 e. The molecule has 3 aliphatic rings. The van der Waals surface area contributed by atoms with Crippen LogP contribution in [0.4, 0.5) is 16.2 Å². The van der Waals surface area contributed by atoms with Crippen LogP contribution >= 0.6 is 0 Å². The summed E-state index contributed by atoms with van der Waals surface area (Å²) in [4.78, 5) is 35.4. The first-order valence-electron chi connectivity index (χ1n) is 13.5. The summed E-state index contributed by atoms with van der Waals surface area (Å²) in [7, 11) is 2.11. The quantitative estimate of drug-likeness (QED) is 0.565. The molecule has 0 radical (unpaired) electrons. The molecule has 1 saturated carbocycles. The van der Waals surface area contributed by atoms with Gasteiger partial charge in [-0.1, -0.05) is 48.5 Å². The number of urea groups is 1. The molecular weight excluding hydrogens is 478 g/mol. The lowest BCUT2D eigenvalue weighted by molar-refractivity contribution is 0.193. The van der Waals surface area contributed by atoms with Gasteiger partial charge in [-0.3, -0.25) is 4.79 Å². The maximum absolute atomic E-state index is 13.8. The molecule has 3 heterocycles. The second-order valence-corrected chi connectivity index (χ2v) is 10.5. The predicted octanol–water partition coefficient (Wildman–Crippen LogP) is 2.37. The fourth-order valence-electron chi connectivity index (χ4n) is 5.57. The molecule has 1 aromatic heterocycles. The Labute approximate surface area is 223 Å². The number of benzene rings is 2. The van der Waals surface area contributed by atoms with Crippen molar-refractivity contribution < 1.29 is 4.79 Å². The molecule has 6 rings (SSSR count). The fourth-order valence-corrected chi connectivity index (χ4v) is 5.57. The van der Waals surface area contributed by atoms with E-state index in [0.29, 0.717) is 37.8 Å². The third-order valence-corrected chi connectivity index (χ3v) is 7.99. The average Bonchev–Trinajstić information content (AvgIpc) is 3.73. The van der Waals surface area contributed by atoms with Gasteiger partial charge in [0.15, 0.2) is 0 Å². The molecule has 0 unspecified atom stereocenters. The number of nitrogens with one attached hydrogen (secondary N) is 1. The van der Waals surface area contributed by atoms with E-state index in [-0.39, 0.29) is 17.6 Å². The maximum Gasteiger partial charge on any atom is 0.317 e. The Hall–Kier alpha value is -3.85. The van der Waals surface area contributed by atoms with E-state index in [1.807, 2.05) is 47.5 Å². The van der Waals surface area contributed by atoms with E-state index in [9.17, 15) is 9.59 Å². The Bertz CT molecular complexity index is 1310. The van der Waals surface area contributed by atoms with Crippen LogP contribution < -0.4 is 20.7 Å². The number of anilines is 2. The van der Waals surface area contributed by atoms with Gasteiger partial charge in [-0.25, -0.2) is 4.79 Å². The SMILES string of the molecule is CN1CCN(c2c(N3CCN(C(=O)N[C@@H]4C[C@H]4c4ccccc4)CC3)cnn(-c3ccccc3)c2=O)CC1. The van der Waals surface area contributed by atoms with E-state index in [1.54, 1.807) is 0 Å². The largest absolute Gasteiger partial charge is 0.365 e. The van der Waals surface area contributed by atoms with Gasteiger partial charge in [-0.15, -0.1) is 0 Å². The van der Waals surface area contributed by atoms with E-state index < -0.39 is 0 Å². The van der Waals surface area contributed by atoms with E-state index in [4.69, 9.17) is 0 Å². The fraction of sp³-hybridized carbons (Fsp3) is 0.414. The number of hydrogen-bond donors (Lipinski definition) is 1. The van der Waals surface area contributed by atoms with Crippen LogP contribution in [0.5, 0.6) is 0 Å². The number of aromatic nitrogens is 2. The zero-order chi connectivity index (χ0) is 26.1. The molecular formula is C29H35N7O2. The van der Waals surface area contributed by atoms with Crippen molar-refractivity contribution in [2.45, 2.75) is 18.4 Å². The third kappa shape index (κ3) is 4.98. The van der Waals surface area contributed by atoms with Crippen molar-refractivity contribution in [2.75, 3.05) is 69.2 Å². The number of carbonyl (C=O) groups is 1. The molecule has 3 fully saturated rings. The second-order valence-electron chi connectivity index (χ2n) is 10.5. The van der Waals surface area contributed by atoms with Crippen LogP contribution in [-0.2, 0) is 0 Å². The molecule has 3 aromatic rings. The second kappa shape index (κ2) is 10.5. The van der Waals surface area contributed by atoms with Gasteiger partial charge in [0, 0.05) is 64.3 Å². The van der Waals surface area contributed by atoms with Gasteiger partial charge in [0.25, 0.3) is 5.56 Å². The number of nitrogens with zero attached hydrogens (tertiary/aromatic N) is 6. The normalized spacial score (nSPS) is 21.9. The third-order valence-electron chi connectivity index (χ3n) is 7.99. The molecule has 38 heavy (non-hydrogen) atoms. The van der Waals surface area contributed by atoms with Crippen LogP contribution in [0.25, 0.3) is 5.69 Å². The van der Waals surface area contributed by atoms with Gasteiger partial charge in [-0.05, 0) is 31.2 Å². The van der Waals surface area contributed by atoms with E-state index >= 15 is 0 Å². The Morgan fingerprint density at radius 1 is 0.842 bits per heavy atom. The van der Waals surface area contributed by atoms with E-state index in [2.05, 4.69) is 56.4 Å². The highest BCUT2D eigenvalue weighted by atomic mass is 16.2. The zero-order valence-corrected chi connectivity index (χ0v) is 21.9. The number of amides is 2. The Morgan fingerprint density at radius 2 is 1.47 bits per heavy atom. The highest BCUT2D eigenvalue weighted by Gasteiger charge is 2.40. The van der Waals surface area contributed by atoms with Crippen LogP contribution in [0, 0.1) is 0 Å². The molecule has 9 nitrogen and oxygen atoms in total. The molecule has 0 spiro atoms. The van der Waals surface area contributed by atoms with Crippen molar-refractivity contribution in [2.24, 2.45) is 0 Å². The van der Waals surface area contributed by atoms with Crippen molar-refractivity contribution in [1.29, 1.82) is 0 Å². The van der Waals surface area contributed by atoms with E-state index in [0.717, 1.165) is 44.0 Å². The molecule has 198 valence electrons. The molecule has 2 aromatic carbocycles. The highest BCUT2D eigenvalue weighted by molar-refractivity contribution is 5.76. The number of piperazine rings is 2. The minimum absolute atomic E-state index is 0.00462. The van der Waals surface area contributed by atoms with Gasteiger partial charge >= 0.3 is 6.03 Å². The summed E-state index contributed by atoms with van der Waals surface area (Å²) in [6, 6.07) is 20.2. The summed E-state index contributed by atoms with van der Waals surface area (Å²) in [5.74, 6) is 0.412. The Morgan fingerprint density at radius 3 is 2.16 bits per heavy atom. The highest BCUT2D eigenvalue weighted by Crippen LogP contribution is 2.40. The smallest absolute Gasteiger partial charge is 0.317 e. The van der Waals surface area contributed by atoms with Crippen molar-refractivity contribution in [3.63, 3.8) is 0 Å². The van der Waals surface area contributed by atoms with E-state index in [1.165, 1.54) is 10.2 Å². The van der Waals surface area contributed by atoms with Gasteiger partial charge in [0.1, 0.15) is 5.69 Å². The average molecular weight is 514 g/mol. The van der Waals surface area contributed by atoms with Gasteiger partial charge in [0.2, 0.25) is 0 Å². The monoisotopic (exact) mass is 513 g/mol. The lowest BCUT2D eigenvalue weighted by Crippen LogP contribution is -2.53. The topological polar surface area (TPSA) is 77.0 Å². The lowest BCUT2D eigenvalue weighted by Gasteiger charge is -2.39. The molecule has 1 aliphatic carbocycles. The number of likely N-dealkylation sites (N-methyl/N-ethyl adjacent to an activating group) is 1. The summed E-state index contributed by atoms with van der Waals surface area (Å²) in [6.45, 7) is 5.96. The first kappa shape index (κ1) is 24.5. The van der Waals surface area contributed by atoms with Crippen LogP contribution in [0.3, 0.4) is 0 Å². The number of rotatable bonds is 5. The van der Waals surface area contributed by atoms with Crippen molar-refractivity contribution >= 4 is 17.4 Å². The standard InChI is InChI=1S/C29H35N7O2/c1-32-12-14-34(15-13-32)27-26(21-30-36(28(27)37)23-10-6-3-7-11-23)33-16-18-35(19-17-33)29(38)31-25-20-24(25)22-8-4-2-5-9-22/h2-11,21,24-25H,12-20H2,1H3,(H,31,38)/t24-,25+/m0/s1. The van der Waals surface area contributed by atoms with Crippen LogP contribution in [-0.4, -0.2) is 91.1 Å². The number of hydrogen-bond acceptors (Lipinski definition) is 6. The van der Waals surface area contributed by atoms with Crippen LogP contribution in [0.2, 0.25) is 0 Å². The van der Waals surface area contributed by atoms with Crippen LogP contribution in [0.15, 0.2) is 71.7 Å². The van der Waals surface area contributed by atoms with Crippen molar-refractivity contribution in [3.05, 3.63) is 82.8 Å². The summed E-state index contributed by atoms with van der Waals surface area (Å²) in [5, 5.41) is 7.78. The van der Waals surface area contributed by atoms with Gasteiger partial charge in [-0.2, -0.15) is 9.78 Å². The number of carbonyl (C=O) groups excluding carboxylic acids is 1. The summed E-state index contributed by atoms with van der Waals surface area (Å²) in [5.41, 5.74) is 3.52. The molecule has 2 saturated heterocycles. The number of para-hydroxylation sites is 1. The zero-order valence-electron chi connectivity index (χ0n) is 21.9. The van der Waals surface area contributed by atoms with Gasteiger partial charge in [0.05, 0.1) is 17.6 Å². The first-order valence-corrected chi connectivity index (χ1v) is 13.5. The Balaban J connectivity index is 1.16. The molecule has 1 N–H and O–H groups in total. The summed E-state index contributed by atoms with van der Waals surface area (Å²) in [6.07, 6.45) is 2.82. The summed E-state index contributed by atoms with van der Waals surface area (Å²) >= 11 is 0. The lowest BCUT2D eigenvalue weighted by atomic mass is 10.1. The maximum atomic E-state index is 13.8. The van der Waals surface area contributed by atoms with Crippen molar-refractivity contribution in [3.8, 4) is 5.69 Å². The van der Waals surface area contributed by atoms with Crippen molar-refractivity contribution in [1.82, 2.24) is 24.9 Å². The summed E-state index contributed by atoms with van der Waals surface area (Å²) < 4.78 is 1.50. The molecule has 9 heteroatoms. The Kier molecular flexibility index (Phi) is 6.76. The molecule has 0 bridgehead atoms. The van der Waals surface area contributed by atoms with Gasteiger partial charge < -0.3 is 24.9 Å². The van der Waals surface area contributed by atoms with Crippen LogP contribution in [0.1, 0.15) is 17.9 Å². The molecule has 2 amide bonds. The first-order chi connectivity index (χ1) is 18.6. The minimum atomic E-state index is -0.0980.